The molecule has 0 aliphatic heterocycles. The van der Waals surface area contributed by atoms with Gasteiger partial charge in [-0.3, -0.25) is 0 Å². The maximum atomic E-state index is 10.0. The van der Waals surface area contributed by atoms with Crippen molar-refractivity contribution in [1.29, 1.82) is 21.0 Å². The standard InChI is InChI=1S/C72H39N5O2/c1-78-71-14-8-7-11-62(71)37-22-57-23-38-63(72(47-57)79-2)36-17-54-28-43-70(44-29-54)77(68-39-24-52(25-40-68)15-30-60-34-20-55(45-66(60)50-75)18-32-58-9-3-5-12-64(58)48-73)69-41-26-53(27-42-69)16-31-61-35-21-56(46-67(61)51-76)19-33-59-10-4-6-13-65(59)49-74/h3-14,20-21,23-29,34-35,38-47H,1-2H3. The number of para-hydroxylation sites is 1. The van der Waals surface area contributed by atoms with Gasteiger partial charge in [-0.1, -0.05) is 107 Å². The molecule has 0 aromatic heterocycles. The number of benzene rings is 9. The average Bonchev–Trinajstić information content (AvgIpc) is 3.52. The van der Waals surface area contributed by atoms with Gasteiger partial charge in [0.2, 0.25) is 0 Å². The predicted octanol–water partition coefficient (Wildman–Crippen LogP) is 13.1. The smallest absolute Gasteiger partial charge is 0.135 e. The molecule has 0 N–H and O–H groups in total. The third-order valence-electron chi connectivity index (χ3n) is 12.1. The van der Waals surface area contributed by atoms with Crippen molar-refractivity contribution in [3.8, 4) is 107 Å². The van der Waals surface area contributed by atoms with Crippen LogP contribution < -0.4 is 14.4 Å². The molecule has 7 nitrogen and oxygen atoms in total. The molecule has 0 aliphatic carbocycles. The van der Waals surface area contributed by atoms with Crippen molar-refractivity contribution in [1.82, 2.24) is 0 Å². The lowest BCUT2D eigenvalue weighted by Gasteiger charge is -2.25. The SMILES string of the molecule is COc1ccccc1C#Cc1ccc(C#Cc2ccc(N(c3ccc(C#Cc4ccc(C#Cc5ccccc5C#N)cc4C#N)cc3)c3ccc(C#Cc4ccc(C#Cc5ccccc5C#N)cc4C#N)cc3)cc2)c(OC)c1. The Morgan fingerprint density at radius 3 is 0.911 bits per heavy atom. The molecule has 79 heavy (non-hydrogen) atoms. The maximum Gasteiger partial charge on any atom is 0.135 e. The second-order valence-electron chi connectivity index (χ2n) is 17.2. The van der Waals surface area contributed by atoms with Gasteiger partial charge in [0.05, 0.1) is 47.6 Å². The first-order chi connectivity index (χ1) is 38.8. The molecular formula is C72H39N5O2. The van der Waals surface area contributed by atoms with Gasteiger partial charge < -0.3 is 14.4 Å². The van der Waals surface area contributed by atoms with E-state index in [0.29, 0.717) is 67.1 Å². The van der Waals surface area contributed by atoms with Crippen LogP contribution in [0.3, 0.4) is 0 Å². The van der Waals surface area contributed by atoms with Crippen molar-refractivity contribution in [2.24, 2.45) is 0 Å². The normalized spacial score (nSPS) is 9.49. The first-order valence-electron chi connectivity index (χ1n) is 24.5. The minimum Gasteiger partial charge on any atom is -0.495 e. The minimum absolute atomic E-state index is 0.393. The topological polar surface area (TPSA) is 117 Å². The van der Waals surface area contributed by atoms with Crippen LogP contribution in [0.25, 0.3) is 0 Å². The minimum atomic E-state index is 0.393. The van der Waals surface area contributed by atoms with E-state index in [1.165, 1.54) is 0 Å². The summed E-state index contributed by atoms with van der Waals surface area (Å²) in [6, 6.07) is 70.7. The van der Waals surface area contributed by atoms with Gasteiger partial charge >= 0.3 is 0 Å². The van der Waals surface area contributed by atoms with Crippen LogP contribution >= 0.6 is 0 Å². The van der Waals surface area contributed by atoms with E-state index < -0.39 is 0 Å². The number of nitriles is 4. The van der Waals surface area contributed by atoms with E-state index in [0.717, 1.165) is 50.4 Å². The van der Waals surface area contributed by atoms with Crippen LogP contribution in [-0.2, 0) is 0 Å². The van der Waals surface area contributed by atoms with Crippen LogP contribution in [0.5, 0.6) is 11.5 Å². The summed E-state index contributed by atoms with van der Waals surface area (Å²) in [6.07, 6.45) is 0. The van der Waals surface area contributed by atoms with Gasteiger partial charge in [-0.15, -0.1) is 0 Å². The van der Waals surface area contributed by atoms with E-state index in [1.54, 1.807) is 74.9 Å². The van der Waals surface area contributed by atoms with Gasteiger partial charge in [-0.2, -0.15) is 21.0 Å². The number of rotatable bonds is 5. The van der Waals surface area contributed by atoms with Crippen LogP contribution in [0.1, 0.15) is 89.0 Å². The first kappa shape index (κ1) is 51.6. The number of ether oxygens (including phenoxy) is 2. The molecule has 0 aliphatic rings. The Morgan fingerprint density at radius 2 is 0.532 bits per heavy atom. The van der Waals surface area contributed by atoms with E-state index in [4.69, 9.17) is 9.47 Å². The van der Waals surface area contributed by atoms with Crippen LogP contribution in [0.2, 0.25) is 0 Å². The summed E-state index contributed by atoms with van der Waals surface area (Å²) < 4.78 is 11.2. The molecule has 9 aromatic rings. The Kier molecular flexibility index (Phi) is 16.4. The highest BCUT2D eigenvalue weighted by atomic mass is 16.5. The summed E-state index contributed by atoms with van der Waals surface area (Å²) in [6.45, 7) is 0. The van der Waals surface area contributed by atoms with Gasteiger partial charge in [0.25, 0.3) is 0 Å². The molecule has 9 aromatic carbocycles. The quantitative estimate of drug-likeness (QED) is 0.158. The van der Waals surface area contributed by atoms with E-state index >= 15 is 0 Å². The van der Waals surface area contributed by atoms with E-state index in [2.05, 4.69) is 100 Å². The zero-order valence-corrected chi connectivity index (χ0v) is 42.6. The van der Waals surface area contributed by atoms with Gasteiger partial charge in [0.15, 0.2) is 0 Å². The average molecular weight is 1010 g/mol. The monoisotopic (exact) mass is 1010 g/mol. The molecule has 0 heterocycles. The number of hydrogen-bond donors (Lipinski definition) is 0. The molecule has 0 spiro atoms. The summed E-state index contributed by atoms with van der Waals surface area (Å²) in [5.74, 6) is 39.3. The van der Waals surface area contributed by atoms with Crippen molar-refractivity contribution in [3.05, 3.63) is 289 Å². The highest BCUT2D eigenvalue weighted by Crippen LogP contribution is 2.35. The molecular weight excluding hydrogens is 967 g/mol. The number of methoxy groups -OCH3 is 2. The molecule has 0 amide bonds. The molecule has 0 bridgehead atoms. The number of nitrogens with zero attached hydrogens (tertiary/aromatic N) is 5. The fourth-order valence-electron chi connectivity index (χ4n) is 8.01. The molecule has 0 fully saturated rings. The van der Waals surface area contributed by atoms with Crippen molar-refractivity contribution in [3.63, 3.8) is 0 Å². The fourth-order valence-corrected chi connectivity index (χ4v) is 8.01. The first-order valence-corrected chi connectivity index (χ1v) is 24.5. The largest absolute Gasteiger partial charge is 0.495 e. The summed E-state index contributed by atoms with van der Waals surface area (Å²) >= 11 is 0. The molecule has 0 saturated heterocycles. The van der Waals surface area contributed by atoms with Gasteiger partial charge in [0, 0.05) is 72.7 Å². The fraction of sp³-hybridized carbons (Fsp3) is 0.0278. The molecule has 364 valence electrons. The summed E-state index contributed by atoms with van der Waals surface area (Å²) in [5.41, 5.74) is 12.6. The second kappa shape index (κ2) is 25.1. The van der Waals surface area contributed by atoms with Gasteiger partial charge in [-0.25, -0.2) is 0 Å². The number of anilines is 3. The van der Waals surface area contributed by atoms with Crippen LogP contribution in [0.15, 0.2) is 200 Å². The van der Waals surface area contributed by atoms with E-state index in [9.17, 15) is 21.0 Å². The lowest BCUT2D eigenvalue weighted by atomic mass is 10.0. The zero-order valence-electron chi connectivity index (χ0n) is 42.6. The Labute approximate surface area is 460 Å². The molecule has 0 unspecified atom stereocenters. The van der Waals surface area contributed by atoms with Crippen molar-refractivity contribution >= 4 is 17.1 Å². The van der Waals surface area contributed by atoms with Crippen LogP contribution in [0.4, 0.5) is 17.1 Å². The molecule has 0 atom stereocenters. The Bertz CT molecular complexity index is 4220. The van der Waals surface area contributed by atoms with Crippen LogP contribution in [-0.4, -0.2) is 14.2 Å². The molecule has 0 radical (unpaired) electrons. The van der Waals surface area contributed by atoms with Gasteiger partial charge in [0.1, 0.15) is 35.8 Å². The van der Waals surface area contributed by atoms with Crippen molar-refractivity contribution in [2.75, 3.05) is 19.1 Å². The molecule has 7 heteroatoms. The van der Waals surface area contributed by atoms with Crippen LogP contribution in [0, 0.1) is 116 Å². The van der Waals surface area contributed by atoms with Crippen molar-refractivity contribution in [2.45, 2.75) is 0 Å². The summed E-state index contributed by atoms with van der Waals surface area (Å²) in [5, 5.41) is 39.0. The Morgan fingerprint density at radius 1 is 0.253 bits per heavy atom. The third-order valence-corrected chi connectivity index (χ3v) is 12.1. The summed E-state index contributed by atoms with van der Waals surface area (Å²) in [7, 11) is 3.24. The highest BCUT2D eigenvalue weighted by Gasteiger charge is 2.13. The zero-order chi connectivity index (χ0) is 54.8. The Hall–Kier alpha value is -12.3. The van der Waals surface area contributed by atoms with E-state index in [1.807, 2.05) is 140 Å². The maximum absolute atomic E-state index is 10.0. The molecule has 9 rings (SSSR count). The van der Waals surface area contributed by atoms with Gasteiger partial charge in [-0.05, 0) is 164 Å². The number of hydrogen-bond acceptors (Lipinski definition) is 7. The predicted molar refractivity (Wildman–Crippen MR) is 308 cm³/mol. The lowest BCUT2D eigenvalue weighted by molar-refractivity contribution is 0.413. The van der Waals surface area contributed by atoms with Crippen molar-refractivity contribution < 1.29 is 9.47 Å². The second-order valence-corrected chi connectivity index (χ2v) is 17.2. The summed E-state index contributed by atoms with van der Waals surface area (Å²) in [4.78, 5) is 2.12. The third kappa shape index (κ3) is 12.9. The Balaban J connectivity index is 0.985. The lowest BCUT2D eigenvalue weighted by Crippen LogP contribution is -2.10. The molecule has 0 saturated carbocycles. The highest BCUT2D eigenvalue weighted by molar-refractivity contribution is 5.78. The van der Waals surface area contributed by atoms with E-state index in [-0.39, 0.29) is 0 Å².